The molecule has 3 nitrogen and oxygen atoms in total. The first kappa shape index (κ1) is 15.3. The molecule has 22 heavy (non-hydrogen) atoms. The maximum Gasteiger partial charge on any atom is 0.303 e. The van der Waals surface area contributed by atoms with Crippen LogP contribution in [0.15, 0.2) is 47.4 Å². The Bertz CT molecular complexity index is 688. The monoisotopic (exact) mass is 334 g/mol. The maximum atomic E-state index is 11.2. The van der Waals surface area contributed by atoms with Crippen LogP contribution in [0.25, 0.3) is 0 Å². The van der Waals surface area contributed by atoms with Crippen molar-refractivity contribution in [3.63, 3.8) is 0 Å². The summed E-state index contributed by atoms with van der Waals surface area (Å²) in [5.41, 5.74) is 2.08. The van der Waals surface area contributed by atoms with Crippen LogP contribution in [0, 0.1) is 0 Å². The minimum absolute atomic E-state index is 0.320. The summed E-state index contributed by atoms with van der Waals surface area (Å²) < 4.78 is 11.0. The summed E-state index contributed by atoms with van der Waals surface area (Å²) in [5.74, 6) is 1.28. The van der Waals surface area contributed by atoms with E-state index in [0.717, 1.165) is 22.0 Å². The van der Waals surface area contributed by atoms with Gasteiger partial charge in [-0.1, -0.05) is 41.9 Å². The molecule has 0 aromatic heterocycles. The molecule has 0 fully saturated rings. The molecule has 114 valence electrons. The number of rotatable bonds is 4. The highest BCUT2D eigenvalue weighted by Gasteiger charge is 2.29. The zero-order chi connectivity index (χ0) is 15.5. The number of halogens is 1. The third kappa shape index (κ3) is 3.39. The summed E-state index contributed by atoms with van der Waals surface area (Å²) in [6.07, 6.45) is -0.373. The summed E-state index contributed by atoms with van der Waals surface area (Å²) in [7, 11) is 0. The van der Waals surface area contributed by atoms with Crippen LogP contribution in [-0.2, 0) is 15.3 Å². The molecule has 0 radical (unpaired) electrons. The Morgan fingerprint density at radius 2 is 2.14 bits per heavy atom. The van der Waals surface area contributed by atoms with Crippen LogP contribution in [-0.4, -0.2) is 12.6 Å². The van der Waals surface area contributed by atoms with E-state index in [2.05, 4.69) is 12.1 Å². The maximum absolute atomic E-state index is 11.2. The predicted octanol–water partition coefficient (Wildman–Crippen LogP) is 4.63. The van der Waals surface area contributed by atoms with Crippen molar-refractivity contribution in [1.82, 2.24) is 0 Å². The zero-order valence-corrected chi connectivity index (χ0v) is 13.6. The highest BCUT2D eigenvalue weighted by atomic mass is 35.5. The summed E-state index contributed by atoms with van der Waals surface area (Å²) in [4.78, 5) is 12.1. The fourth-order valence-corrected chi connectivity index (χ4v) is 3.70. The van der Waals surface area contributed by atoms with E-state index in [-0.39, 0.29) is 12.1 Å². The molecule has 0 saturated carbocycles. The van der Waals surface area contributed by atoms with Crippen molar-refractivity contribution in [3.8, 4) is 5.75 Å². The molecule has 0 spiro atoms. The fourth-order valence-electron chi connectivity index (χ4n) is 2.37. The molecule has 0 aliphatic carbocycles. The number of benzene rings is 2. The Balaban J connectivity index is 1.82. The molecule has 0 amide bonds. The largest absolute Gasteiger partial charge is 0.488 e. The number of esters is 1. The average molecular weight is 335 g/mol. The molecule has 1 aliphatic rings. The van der Waals surface area contributed by atoms with Gasteiger partial charge in [0.1, 0.15) is 12.4 Å². The van der Waals surface area contributed by atoms with Gasteiger partial charge in [0, 0.05) is 23.3 Å². The molecule has 0 unspecified atom stereocenters. The minimum Gasteiger partial charge on any atom is -0.488 e. The lowest BCUT2D eigenvalue weighted by Crippen LogP contribution is -2.09. The normalized spacial score (nSPS) is 16.0. The highest BCUT2D eigenvalue weighted by molar-refractivity contribution is 7.98. The molecule has 2 aromatic carbocycles. The van der Waals surface area contributed by atoms with E-state index in [1.807, 2.05) is 30.3 Å². The van der Waals surface area contributed by atoms with Crippen molar-refractivity contribution >= 4 is 29.3 Å². The molecule has 3 rings (SSSR count). The fraction of sp³-hybridized carbons (Fsp3) is 0.235. The van der Waals surface area contributed by atoms with E-state index in [9.17, 15) is 4.79 Å². The Morgan fingerprint density at radius 1 is 1.36 bits per heavy atom. The van der Waals surface area contributed by atoms with Crippen LogP contribution >= 0.6 is 23.4 Å². The number of hydrogen-bond donors (Lipinski definition) is 0. The van der Waals surface area contributed by atoms with E-state index >= 15 is 0 Å². The van der Waals surface area contributed by atoms with E-state index in [1.165, 1.54) is 12.5 Å². The van der Waals surface area contributed by atoms with Gasteiger partial charge in [-0.15, -0.1) is 11.8 Å². The van der Waals surface area contributed by atoms with Crippen molar-refractivity contribution in [2.24, 2.45) is 0 Å². The third-order valence-corrected chi connectivity index (χ3v) is 4.63. The van der Waals surface area contributed by atoms with Gasteiger partial charge in [0.05, 0.1) is 4.90 Å². The summed E-state index contributed by atoms with van der Waals surface area (Å²) in [6.45, 7) is 1.74. The second-order valence-electron chi connectivity index (χ2n) is 5.01. The van der Waals surface area contributed by atoms with Gasteiger partial charge in [-0.25, -0.2) is 0 Å². The van der Waals surface area contributed by atoms with Gasteiger partial charge in [-0.05, 0) is 17.7 Å². The van der Waals surface area contributed by atoms with Crippen LogP contribution in [0.5, 0.6) is 5.75 Å². The van der Waals surface area contributed by atoms with Crippen molar-refractivity contribution in [3.05, 3.63) is 58.6 Å². The number of carbonyl (C=O) groups is 1. The van der Waals surface area contributed by atoms with Gasteiger partial charge in [-0.3, -0.25) is 4.79 Å². The van der Waals surface area contributed by atoms with E-state index in [4.69, 9.17) is 21.1 Å². The Hall–Kier alpha value is -1.65. The first-order valence-electron chi connectivity index (χ1n) is 6.93. The number of fused-ring (bicyclic) bond motifs is 1. The van der Waals surface area contributed by atoms with Gasteiger partial charge in [-0.2, -0.15) is 0 Å². The van der Waals surface area contributed by atoms with Crippen molar-refractivity contribution in [2.45, 2.75) is 23.7 Å². The van der Waals surface area contributed by atoms with Gasteiger partial charge in [0.15, 0.2) is 6.10 Å². The first-order valence-corrected chi connectivity index (χ1v) is 8.30. The first-order chi connectivity index (χ1) is 10.6. The summed E-state index contributed by atoms with van der Waals surface area (Å²) in [6, 6.07) is 13.9. The predicted molar refractivity (Wildman–Crippen MR) is 87.5 cm³/mol. The van der Waals surface area contributed by atoms with Crippen LogP contribution in [0.2, 0.25) is 5.02 Å². The van der Waals surface area contributed by atoms with Gasteiger partial charge in [0.2, 0.25) is 0 Å². The van der Waals surface area contributed by atoms with Gasteiger partial charge < -0.3 is 9.47 Å². The lowest BCUT2D eigenvalue weighted by atomic mass is 10.1. The number of carbonyl (C=O) groups excluding carboxylic acids is 1. The molecule has 0 bridgehead atoms. The number of ether oxygens (including phenoxy) is 2. The molecule has 1 heterocycles. The number of thioether (sulfide) groups is 1. The van der Waals surface area contributed by atoms with Crippen molar-refractivity contribution < 1.29 is 14.3 Å². The van der Waals surface area contributed by atoms with Crippen LogP contribution in [0.4, 0.5) is 0 Å². The Morgan fingerprint density at radius 3 is 2.86 bits per heavy atom. The number of hydrogen-bond acceptors (Lipinski definition) is 4. The SMILES string of the molecule is CC(=O)O[C@@H]1COc2c(SCc3ccccc3)cc(Cl)cc21. The van der Waals surface area contributed by atoms with E-state index < -0.39 is 0 Å². The van der Waals surface area contributed by atoms with Crippen LogP contribution < -0.4 is 4.74 Å². The van der Waals surface area contributed by atoms with Crippen LogP contribution in [0.3, 0.4) is 0 Å². The molecular formula is C17H15ClO3S. The van der Waals surface area contributed by atoms with Crippen molar-refractivity contribution in [2.75, 3.05) is 6.61 Å². The van der Waals surface area contributed by atoms with E-state index in [1.54, 1.807) is 11.8 Å². The molecule has 1 atom stereocenters. The minimum atomic E-state index is -0.373. The zero-order valence-electron chi connectivity index (χ0n) is 12.0. The topological polar surface area (TPSA) is 35.5 Å². The summed E-state index contributed by atoms with van der Waals surface area (Å²) >= 11 is 7.87. The smallest absolute Gasteiger partial charge is 0.303 e. The van der Waals surface area contributed by atoms with E-state index in [0.29, 0.717) is 11.6 Å². The molecule has 2 aromatic rings. The third-order valence-electron chi connectivity index (χ3n) is 3.32. The lowest BCUT2D eigenvalue weighted by molar-refractivity contribution is -0.147. The quantitative estimate of drug-likeness (QED) is 0.603. The molecule has 1 aliphatic heterocycles. The molecule has 0 saturated heterocycles. The van der Waals surface area contributed by atoms with Gasteiger partial charge >= 0.3 is 5.97 Å². The standard InChI is InChI=1S/C17H15ClO3S/c1-11(19)21-15-9-20-17-14(15)7-13(18)8-16(17)22-10-12-5-3-2-4-6-12/h2-8,15H,9-10H2,1H3/t15-/m1/s1. The van der Waals surface area contributed by atoms with Gasteiger partial charge in [0.25, 0.3) is 0 Å². The average Bonchev–Trinajstić information content (AvgIpc) is 2.88. The highest BCUT2D eigenvalue weighted by Crippen LogP contribution is 2.44. The lowest BCUT2D eigenvalue weighted by Gasteiger charge is -2.10. The molecule has 0 N–H and O–H groups in total. The Kier molecular flexibility index (Phi) is 4.60. The van der Waals surface area contributed by atoms with Crippen molar-refractivity contribution in [1.29, 1.82) is 0 Å². The van der Waals surface area contributed by atoms with Crippen LogP contribution in [0.1, 0.15) is 24.2 Å². The molecule has 5 heteroatoms. The second kappa shape index (κ2) is 6.63. The molecular weight excluding hydrogens is 320 g/mol. The Labute approximate surface area is 138 Å². The summed E-state index contributed by atoms with van der Waals surface area (Å²) in [5, 5.41) is 0.622. The second-order valence-corrected chi connectivity index (χ2v) is 6.46.